The van der Waals surface area contributed by atoms with Crippen LogP contribution in [0.25, 0.3) is 0 Å². The van der Waals surface area contributed by atoms with Gasteiger partial charge < -0.3 is 5.32 Å². The number of amides is 1. The first-order chi connectivity index (χ1) is 6.61. The topological polar surface area (TPSA) is 29.1 Å². The van der Waals surface area contributed by atoms with Gasteiger partial charge in [0, 0.05) is 10.1 Å². The van der Waals surface area contributed by atoms with Gasteiger partial charge in [0.1, 0.15) is 0 Å². The van der Waals surface area contributed by atoms with Crippen LogP contribution in [0.4, 0.5) is 0 Å². The van der Waals surface area contributed by atoms with Gasteiger partial charge in [-0.25, -0.2) is 0 Å². The molecule has 0 saturated carbocycles. The molecule has 0 radical (unpaired) electrons. The molecule has 2 nitrogen and oxygen atoms in total. The highest BCUT2D eigenvalue weighted by molar-refractivity contribution is 14.1. The molecule has 0 aliphatic heterocycles. The second-order valence-corrected chi connectivity index (χ2v) is 4.75. The van der Waals surface area contributed by atoms with Crippen LogP contribution in [-0.4, -0.2) is 12.5 Å². The largest absolute Gasteiger partial charge is 0.352 e. The molecule has 1 amide bonds. The van der Waals surface area contributed by atoms with Crippen LogP contribution in [0.5, 0.6) is 0 Å². The summed E-state index contributed by atoms with van der Waals surface area (Å²) in [6.45, 7) is 4.89. The molecule has 14 heavy (non-hydrogen) atoms. The zero-order valence-corrected chi connectivity index (χ0v) is 10.5. The predicted octanol–water partition coefficient (Wildman–Crippen LogP) is 2.68. The summed E-state index contributed by atoms with van der Waals surface area (Å²) in [7, 11) is 0. The molecular weight excluding hydrogens is 289 g/mol. The van der Waals surface area contributed by atoms with E-state index in [0.29, 0.717) is 5.92 Å². The minimum atomic E-state index is 0.0173. The van der Waals surface area contributed by atoms with Crippen LogP contribution in [0.3, 0.4) is 0 Å². The van der Waals surface area contributed by atoms with Crippen LogP contribution in [-0.2, 0) is 0 Å². The molecule has 0 aliphatic rings. The monoisotopic (exact) mass is 303 g/mol. The predicted molar refractivity (Wildman–Crippen MR) is 66.3 cm³/mol. The summed E-state index contributed by atoms with van der Waals surface area (Å²) in [5, 5.41) is 2.90. The van der Waals surface area contributed by atoms with E-state index in [1.807, 2.05) is 24.3 Å². The Hall–Kier alpha value is -0.580. The first kappa shape index (κ1) is 11.5. The lowest BCUT2D eigenvalue weighted by Crippen LogP contribution is -2.27. The second kappa shape index (κ2) is 5.34. The fraction of sp³-hybridized carbons (Fsp3) is 0.364. The minimum Gasteiger partial charge on any atom is -0.352 e. The van der Waals surface area contributed by atoms with E-state index in [2.05, 4.69) is 41.8 Å². The first-order valence-electron chi connectivity index (χ1n) is 4.64. The van der Waals surface area contributed by atoms with Crippen molar-refractivity contribution in [3.63, 3.8) is 0 Å². The minimum absolute atomic E-state index is 0.0173. The lowest BCUT2D eigenvalue weighted by atomic mass is 10.2. The Morgan fingerprint density at radius 1 is 1.43 bits per heavy atom. The molecule has 0 spiro atoms. The van der Waals surface area contributed by atoms with Gasteiger partial charge in [-0.1, -0.05) is 26.0 Å². The highest BCUT2D eigenvalue weighted by Crippen LogP contribution is 2.10. The van der Waals surface area contributed by atoms with Crippen molar-refractivity contribution >= 4 is 28.5 Å². The summed E-state index contributed by atoms with van der Waals surface area (Å²) in [5.41, 5.74) is 0.758. The van der Waals surface area contributed by atoms with Crippen molar-refractivity contribution in [2.45, 2.75) is 13.8 Å². The van der Waals surface area contributed by atoms with Crippen LogP contribution >= 0.6 is 22.6 Å². The van der Waals surface area contributed by atoms with E-state index in [9.17, 15) is 4.79 Å². The molecule has 1 aromatic rings. The Labute approximate surface area is 98.2 Å². The highest BCUT2D eigenvalue weighted by atomic mass is 127. The average molecular weight is 303 g/mol. The smallest absolute Gasteiger partial charge is 0.252 e. The van der Waals surface area contributed by atoms with E-state index in [4.69, 9.17) is 0 Å². The molecule has 1 rings (SSSR count). The van der Waals surface area contributed by atoms with Gasteiger partial charge in [-0.05, 0) is 40.6 Å². The van der Waals surface area contributed by atoms with E-state index >= 15 is 0 Å². The number of hydrogen-bond donors (Lipinski definition) is 1. The maximum Gasteiger partial charge on any atom is 0.252 e. The van der Waals surface area contributed by atoms with Gasteiger partial charge in [0.05, 0.1) is 5.56 Å². The molecule has 0 aliphatic carbocycles. The highest BCUT2D eigenvalue weighted by Gasteiger charge is 2.08. The number of halogens is 1. The van der Waals surface area contributed by atoms with Crippen LogP contribution in [0.1, 0.15) is 24.2 Å². The third-order valence-electron chi connectivity index (χ3n) is 1.79. The van der Waals surface area contributed by atoms with Gasteiger partial charge in [-0.15, -0.1) is 0 Å². The first-order valence-corrected chi connectivity index (χ1v) is 5.72. The molecule has 1 N–H and O–H groups in total. The number of rotatable bonds is 3. The third kappa shape index (κ3) is 3.29. The van der Waals surface area contributed by atoms with Crippen LogP contribution in [0.2, 0.25) is 0 Å². The van der Waals surface area contributed by atoms with Crippen molar-refractivity contribution in [2.24, 2.45) is 5.92 Å². The van der Waals surface area contributed by atoms with E-state index in [0.717, 1.165) is 15.7 Å². The van der Waals surface area contributed by atoms with E-state index in [1.54, 1.807) is 0 Å². The average Bonchev–Trinajstić information content (AvgIpc) is 2.15. The van der Waals surface area contributed by atoms with Crippen LogP contribution in [0.15, 0.2) is 24.3 Å². The summed E-state index contributed by atoms with van der Waals surface area (Å²) in [6.07, 6.45) is 0. The Morgan fingerprint density at radius 3 is 2.64 bits per heavy atom. The normalized spacial score (nSPS) is 10.3. The van der Waals surface area contributed by atoms with Crippen molar-refractivity contribution in [1.29, 1.82) is 0 Å². The number of hydrogen-bond acceptors (Lipinski definition) is 1. The maximum atomic E-state index is 11.7. The number of carbonyl (C=O) groups is 1. The summed E-state index contributed by atoms with van der Waals surface area (Å²) < 4.78 is 0.992. The van der Waals surface area contributed by atoms with E-state index in [1.165, 1.54) is 0 Å². The number of nitrogens with one attached hydrogen (secondary N) is 1. The van der Waals surface area contributed by atoms with Crippen molar-refractivity contribution in [3.8, 4) is 0 Å². The van der Waals surface area contributed by atoms with Gasteiger partial charge in [-0.3, -0.25) is 4.79 Å². The summed E-state index contributed by atoms with van der Waals surface area (Å²) in [4.78, 5) is 11.7. The Balaban J connectivity index is 2.65. The van der Waals surface area contributed by atoms with Crippen molar-refractivity contribution in [2.75, 3.05) is 6.54 Å². The summed E-state index contributed by atoms with van der Waals surface area (Å²) in [6, 6.07) is 7.59. The van der Waals surface area contributed by atoms with E-state index in [-0.39, 0.29) is 5.91 Å². The van der Waals surface area contributed by atoms with Gasteiger partial charge in [-0.2, -0.15) is 0 Å². The zero-order valence-electron chi connectivity index (χ0n) is 8.38. The Kier molecular flexibility index (Phi) is 4.38. The Bertz CT molecular complexity index is 323. The standard InChI is InChI=1S/C11H14INO/c1-8(2)7-13-11(14)9-5-3-4-6-10(9)12/h3-6,8H,7H2,1-2H3,(H,13,14). The lowest BCUT2D eigenvalue weighted by Gasteiger charge is -2.08. The molecule has 0 unspecified atom stereocenters. The molecule has 0 aromatic heterocycles. The van der Waals surface area contributed by atoms with Crippen molar-refractivity contribution < 1.29 is 4.79 Å². The SMILES string of the molecule is CC(C)CNC(=O)c1ccccc1I. The molecule has 0 atom stereocenters. The van der Waals surface area contributed by atoms with Crippen molar-refractivity contribution in [1.82, 2.24) is 5.32 Å². The molecule has 1 aromatic carbocycles. The van der Waals surface area contributed by atoms with Crippen molar-refractivity contribution in [3.05, 3.63) is 33.4 Å². The fourth-order valence-electron chi connectivity index (χ4n) is 1.04. The molecule has 0 saturated heterocycles. The summed E-state index contributed by atoms with van der Waals surface area (Å²) in [5.74, 6) is 0.504. The number of carbonyl (C=O) groups excluding carboxylic acids is 1. The molecule has 0 fully saturated rings. The molecule has 0 bridgehead atoms. The van der Waals surface area contributed by atoms with Crippen LogP contribution < -0.4 is 5.32 Å². The maximum absolute atomic E-state index is 11.7. The summed E-state index contributed by atoms with van der Waals surface area (Å²) >= 11 is 2.17. The van der Waals surface area contributed by atoms with Gasteiger partial charge >= 0.3 is 0 Å². The number of benzene rings is 1. The zero-order chi connectivity index (χ0) is 10.6. The Morgan fingerprint density at radius 2 is 2.07 bits per heavy atom. The van der Waals surface area contributed by atoms with E-state index < -0.39 is 0 Å². The fourth-order valence-corrected chi connectivity index (χ4v) is 1.67. The van der Waals surface area contributed by atoms with Crippen LogP contribution in [0, 0.1) is 9.49 Å². The van der Waals surface area contributed by atoms with Gasteiger partial charge in [0.25, 0.3) is 5.91 Å². The molecule has 3 heteroatoms. The molecule has 76 valence electrons. The molecule has 0 heterocycles. The second-order valence-electron chi connectivity index (χ2n) is 3.58. The molecular formula is C11H14INO. The van der Waals surface area contributed by atoms with Gasteiger partial charge in [0.15, 0.2) is 0 Å². The lowest BCUT2D eigenvalue weighted by molar-refractivity contribution is 0.0948. The van der Waals surface area contributed by atoms with Gasteiger partial charge in [0.2, 0.25) is 0 Å². The quantitative estimate of drug-likeness (QED) is 0.855. The third-order valence-corrected chi connectivity index (χ3v) is 2.73.